The molecule has 1 aliphatic carbocycles. The summed E-state index contributed by atoms with van der Waals surface area (Å²) in [6.07, 6.45) is -3.74. The van der Waals surface area contributed by atoms with E-state index < -0.39 is 53.1 Å². The smallest absolute Gasteiger partial charge is 0.424 e. The molecule has 6 N–H and O–H groups in total. The van der Waals surface area contributed by atoms with Gasteiger partial charge >= 0.3 is 12.2 Å². The first-order valence-electron chi connectivity index (χ1n) is 13.7. The van der Waals surface area contributed by atoms with Crippen LogP contribution in [0.15, 0.2) is 48.5 Å². The molecule has 2 atom stereocenters. The van der Waals surface area contributed by atoms with Gasteiger partial charge in [-0.25, -0.2) is 14.2 Å². The number of anilines is 1. The zero-order valence-corrected chi connectivity index (χ0v) is 24.0. The quantitative estimate of drug-likeness (QED) is 0.226. The van der Waals surface area contributed by atoms with Crippen LogP contribution in [0.1, 0.15) is 41.4 Å². The number of ether oxygens (including phenoxy) is 2. The number of pyridine rings is 1. The molecule has 1 aromatic heterocycles. The van der Waals surface area contributed by atoms with Crippen LogP contribution < -0.4 is 31.2 Å². The number of primary amides is 1. The highest BCUT2D eigenvalue weighted by atomic mass is 19.4. The number of nitrogens with zero attached hydrogens (tertiary/aromatic N) is 1. The molecule has 5 rings (SSSR count). The first-order chi connectivity index (χ1) is 21.2. The Morgan fingerprint density at radius 2 is 1.82 bits per heavy atom. The predicted molar refractivity (Wildman–Crippen MR) is 152 cm³/mol. The second-order valence-electron chi connectivity index (χ2n) is 11.1. The van der Waals surface area contributed by atoms with Crippen molar-refractivity contribution < 1.29 is 46.5 Å². The number of amides is 4. The predicted octanol–water partition coefficient (Wildman–Crippen LogP) is 3.50. The molecule has 0 bridgehead atoms. The number of methoxy groups -OCH3 is 1. The first kappa shape index (κ1) is 31.5. The Morgan fingerprint density at radius 3 is 2.42 bits per heavy atom. The minimum absolute atomic E-state index is 0.0336. The Hall–Kier alpha value is -4.92. The molecular formula is C30H29F4N5O6. The molecule has 238 valence electrons. The Morgan fingerprint density at radius 1 is 1.13 bits per heavy atom. The van der Waals surface area contributed by atoms with Crippen molar-refractivity contribution in [2.75, 3.05) is 25.6 Å². The van der Waals surface area contributed by atoms with E-state index in [1.807, 2.05) is 0 Å². The molecule has 0 saturated heterocycles. The van der Waals surface area contributed by atoms with Gasteiger partial charge in [0.05, 0.1) is 25.0 Å². The third kappa shape index (κ3) is 6.07. The van der Waals surface area contributed by atoms with Crippen LogP contribution in [0.25, 0.3) is 11.3 Å². The van der Waals surface area contributed by atoms with E-state index in [0.29, 0.717) is 0 Å². The zero-order chi connectivity index (χ0) is 32.7. The minimum Gasteiger partial charge on any atom is -0.495 e. The molecule has 1 unspecified atom stereocenters. The lowest BCUT2D eigenvalue weighted by Gasteiger charge is -2.31. The van der Waals surface area contributed by atoms with Crippen LogP contribution in [-0.4, -0.2) is 60.4 Å². The maximum absolute atomic E-state index is 14.7. The third-order valence-electron chi connectivity index (χ3n) is 7.75. The minimum atomic E-state index is -5.39. The van der Waals surface area contributed by atoms with Crippen molar-refractivity contribution >= 4 is 23.5 Å². The van der Waals surface area contributed by atoms with Gasteiger partial charge in [0.2, 0.25) is 11.5 Å². The lowest BCUT2D eigenvalue weighted by atomic mass is 9.81. The fourth-order valence-electron chi connectivity index (χ4n) is 4.77. The van der Waals surface area contributed by atoms with Crippen molar-refractivity contribution in [3.05, 3.63) is 71.2 Å². The summed E-state index contributed by atoms with van der Waals surface area (Å²) in [7, 11) is 1.33. The van der Waals surface area contributed by atoms with E-state index in [1.165, 1.54) is 44.4 Å². The van der Waals surface area contributed by atoms with Crippen LogP contribution in [0.2, 0.25) is 0 Å². The summed E-state index contributed by atoms with van der Waals surface area (Å²) in [6.45, 7) is -0.339. The topological polar surface area (TPSA) is 165 Å². The van der Waals surface area contributed by atoms with Crippen LogP contribution in [0.5, 0.6) is 11.5 Å². The molecular weight excluding hydrogens is 602 g/mol. The van der Waals surface area contributed by atoms with E-state index in [-0.39, 0.29) is 52.2 Å². The molecule has 0 radical (unpaired) electrons. The summed E-state index contributed by atoms with van der Waals surface area (Å²) in [5, 5.41) is 18.6. The van der Waals surface area contributed by atoms with Gasteiger partial charge in [0.25, 0.3) is 5.91 Å². The number of hydrogen-bond donors (Lipinski definition) is 5. The number of hydrogen-bond acceptors (Lipinski definition) is 7. The van der Waals surface area contributed by atoms with Crippen LogP contribution in [0, 0.1) is 5.82 Å². The molecule has 1 saturated carbocycles. The molecule has 1 aliphatic heterocycles. The summed E-state index contributed by atoms with van der Waals surface area (Å²) < 4.78 is 68.5. The van der Waals surface area contributed by atoms with Gasteiger partial charge in [-0.15, -0.1) is 0 Å². The third-order valence-corrected chi connectivity index (χ3v) is 7.75. The van der Waals surface area contributed by atoms with Gasteiger partial charge in [-0.3, -0.25) is 9.59 Å². The summed E-state index contributed by atoms with van der Waals surface area (Å²) >= 11 is 0. The standard InChI is InChI=1S/C30H29F4N5O6/c1-28(26(35)41)14-45-24-19(28)12-22(39-23(24)15-3-6-17(31)7-4-15)29(43,30(32,33)34)13-36-25(40)16-5-10-21(44-2)20(11-16)38-27(42)37-18-8-9-18/h3-7,10-12,18,43H,8-9,13-14H2,1-2H3,(H2,35,41)(H,36,40)(H2,37,38,42)/t28-,29?/m0/s1. The maximum Gasteiger partial charge on any atom is 0.424 e. The average Bonchev–Trinajstić information content (AvgIpc) is 3.74. The summed E-state index contributed by atoms with van der Waals surface area (Å²) in [4.78, 5) is 41.8. The van der Waals surface area contributed by atoms with Crippen molar-refractivity contribution in [1.82, 2.24) is 15.6 Å². The number of fused-ring (bicyclic) bond motifs is 1. The van der Waals surface area contributed by atoms with E-state index in [2.05, 4.69) is 20.9 Å². The van der Waals surface area contributed by atoms with Crippen molar-refractivity contribution in [2.24, 2.45) is 5.73 Å². The number of nitrogens with one attached hydrogen (secondary N) is 3. The van der Waals surface area contributed by atoms with Gasteiger partial charge in [0, 0.05) is 22.7 Å². The van der Waals surface area contributed by atoms with Crippen molar-refractivity contribution in [3.8, 4) is 22.8 Å². The van der Waals surface area contributed by atoms with E-state index >= 15 is 0 Å². The number of aliphatic hydroxyl groups is 1. The van der Waals surface area contributed by atoms with Crippen LogP contribution in [-0.2, 0) is 15.8 Å². The fourth-order valence-corrected chi connectivity index (χ4v) is 4.77. The fraction of sp³-hybridized carbons (Fsp3) is 0.333. The number of nitrogens with two attached hydrogens (primary N) is 1. The Kier molecular flexibility index (Phi) is 8.08. The van der Waals surface area contributed by atoms with Gasteiger partial charge in [-0.2, -0.15) is 13.2 Å². The molecule has 3 aromatic rings. The highest BCUT2D eigenvalue weighted by molar-refractivity contribution is 5.98. The lowest BCUT2D eigenvalue weighted by molar-refractivity contribution is -0.265. The van der Waals surface area contributed by atoms with Gasteiger partial charge in [-0.05, 0) is 68.3 Å². The number of carbonyl (C=O) groups excluding carboxylic acids is 3. The number of benzene rings is 2. The molecule has 0 spiro atoms. The Labute approximate surface area is 254 Å². The van der Waals surface area contributed by atoms with E-state index in [0.717, 1.165) is 31.0 Å². The van der Waals surface area contributed by atoms with E-state index in [1.54, 1.807) is 0 Å². The van der Waals surface area contributed by atoms with Crippen LogP contribution in [0.3, 0.4) is 0 Å². The number of rotatable bonds is 9. The SMILES string of the molecule is COc1ccc(C(=O)NCC(O)(c2cc3c(c(-c4ccc(F)cc4)n2)OC[C@]3(C)C(N)=O)C(F)(F)F)cc1NC(=O)NC1CC1. The highest BCUT2D eigenvalue weighted by Gasteiger charge is 2.57. The van der Waals surface area contributed by atoms with E-state index in [9.17, 15) is 37.1 Å². The van der Waals surface area contributed by atoms with Crippen LogP contribution in [0.4, 0.5) is 28.0 Å². The molecule has 2 aliphatic rings. The van der Waals surface area contributed by atoms with Gasteiger partial charge in [0.15, 0.2) is 0 Å². The number of aromatic nitrogens is 1. The lowest BCUT2D eigenvalue weighted by Crippen LogP contribution is -2.51. The molecule has 11 nitrogen and oxygen atoms in total. The summed E-state index contributed by atoms with van der Waals surface area (Å²) in [6, 6.07) is 8.79. The summed E-state index contributed by atoms with van der Waals surface area (Å²) in [5.74, 6) is -2.40. The van der Waals surface area contributed by atoms with Crippen molar-refractivity contribution in [1.29, 1.82) is 0 Å². The molecule has 15 heteroatoms. The normalized spacial score (nSPS) is 18.6. The van der Waals surface area contributed by atoms with E-state index in [4.69, 9.17) is 15.2 Å². The summed E-state index contributed by atoms with van der Waals surface area (Å²) in [5.41, 5.74) is -0.919. The van der Waals surface area contributed by atoms with Crippen molar-refractivity contribution in [2.45, 2.75) is 43.0 Å². The largest absolute Gasteiger partial charge is 0.495 e. The number of halogens is 4. The Bertz CT molecular complexity index is 1660. The Balaban J connectivity index is 1.50. The van der Waals surface area contributed by atoms with Crippen molar-refractivity contribution in [3.63, 3.8) is 0 Å². The van der Waals surface area contributed by atoms with Gasteiger partial charge in [0.1, 0.15) is 35.0 Å². The number of urea groups is 1. The van der Waals surface area contributed by atoms with Gasteiger partial charge in [-0.1, -0.05) is 0 Å². The van der Waals surface area contributed by atoms with Gasteiger partial charge < -0.3 is 36.3 Å². The number of alkyl halides is 3. The maximum atomic E-state index is 14.7. The zero-order valence-electron chi connectivity index (χ0n) is 24.0. The molecule has 1 fully saturated rings. The first-order valence-corrected chi connectivity index (χ1v) is 13.7. The monoisotopic (exact) mass is 631 g/mol. The number of carbonyl (C=O) groups is 3. The molecule has 2 heterocycles. The second kappa shape index (κ2) is 11.5. The second-order valence-corrected chi connectivity index (χ2v) is 11.1. The average molecular weight is 632 g/mol. The molecule has 4 amide bonds. The van der Waals surface area contributed by atoms with Crippen LogP contribution >= 0.6 is 0 Å². The molecule has 45 heavy (non-hydrogen) atoms. The molecule has 2 aromatic carbocycles. The highest BCUT2D eigenvalue weighted by Crippen LogP contribution is 2.47.